The molecule has 1 aromatic rings. The Balaban J connectivity index is 2.66. The van der Waals surface area contributed by atoms with Crippen LogP contribution in [0.1, 0.15) is 30.9 Å². The van der Waals surface area contributed by atoms with E-state index in [0.717, 1.165) is 18.9 Å². The molecule has 2 N–H and O–H groups in total. The minimum absolute atomic E-state index is 0.112. The van der Waals surface area contributed by atoms with Crippen molar-refractivity contribution in [3.05, 3.63) is 29.3 Å². The number of hydrogen-bond donors (Lipinski definition) is 1. The van der Waals surface area contributed by atoms with Crippen LogP contribution in [-0.4, -0.2) is 24.8 Å². The standard InChI is InChI=1S/C14H18F3NO2S/c1-2-3-6-19-7-8-20-10-4-5-11(13(18)21)12(9-10)14(15,16)17/h4-5,9H,2-3,6-8H2,1H3,(H2,18,21). The minimum Gasteiger partial charge on any atom is -0.491 e. The summed E-state index contributed by atoms with van der Waals surface area (Å²) in [5.74, 6) is 0.112. The molecule has 0 amide bonds. The number of ether oxygens (including phenoxy) is 2. The lowest BCUT2D eigenvalue weighted by atomic mass is 10.1. The fourth-order valence-corrected chi connectivity index (χ4v) is 1.81. The quantitative estimate of drug-likeness (QED) is 0.587. The van der Waals surface area contributed by atoms with Gasteiger partial charge in [0, 0.05) is 12.2 Å². The summed E-state index contributed by atoms with van der Waals surface area (Å²) in [6, 6.07) is 3.54. The molecule has 0 saturated heterocycles. The van der Waals surface area contributed by atoms with Gasteiger partial charge in [-0.25, -0.2) is 0 Å². The molecule has 0 radical (unpaired) electrons. The molecule has 0 aliphatic carbocycles. The zero-order valence-electron chi connectivity index (χ0n) is 11.7. The number of hydrogen-bond acceptors (Lipinski definition) is 3. The molecule has 1 aromatic carbocycles. The summed E-state index contributed by atoms with van der Waals surface area (Å²) in [5.41, 5.74) is 4.21. The number of halogens is 3. The van der Waals surface area contributed by atoms with E-state index in [1.165, 1.54) is 12.1 Å². The van der Waals surface area contributed by atoms with Gasteiger partial charge in [-0.05, 0) is 24.6 Å². The highest BCUT2D eigenvalue weighted by molar-refractivity contribution is 7.80. The van der Waals surface area contributed by atoms with Gasteiger partial charge in [0.05, 0.1) is 12.2 Å². The molecule has 0 fully saturated rings. The van der Waals surface area contributed by atoms with E-state index in [4.69, 9.17) is 15.2 Å². The third-order valence-electron chi connectivity index (χ3n) is 2.70. The van der Waals surface area contributed by atoms with Gasteiger partial charge in [-0.15, -0.1) is 0 Å². The van der Waals surface area contributed by atoms with Crippen molar-refractivity contribution in [3.8, 4) is 5.75 Å². The third kappa shape index (κ3) is 5.89. The molecule has 0 atom stereocenters. The Kier molecular flexibility index (Phi) is 6.91. The van der Waals surface area contributed by atoms with Crippen molar-refractivity contribution < 1.29 is 22.6 Å². The second kappa shape index (κ2) is 8.19. The SMILES string of the molecule is CCCCOCCOc1ccc(C(N)=S)c(C(F)(F)F)c1. The maximum Gasteiger partial charge on any atom is 0.417 e. The molecule has 0 unspecified atom stereocenters. The molecule has 0 aliphatic rings. The van der Waals surface area contributed by atoms with Crippen molar-refractivity contribution in [3.63, 3.8) is 0 Å². The number of alkyl halides is 3. The summed E-state index contributed by atoms with van der Waals surface area (Å²) in [6.07, 6.45) is -2.56. The van der Waals surface area contributed by atoms with Gasteiger partial charge in [0.1, 0.15) is 17.3 Å². The summed E-state index contributed by atoms with van der Waals surface area (Å²) in [5, 5.41) is 0. The predicted molar refractivity (Wildman–Crippen MR) is 78.6 cm³/mol. The van der Waals surface area contributed by atoms with Gasteiger partial charge in [-0.3, -0.25) is 0 Å². The van der Waals surface area contributed by atoms with Crippen molar-refractivity contribution >= 4 is 17.2 Å². The first-order valence-corrected chi connectivity index (χ1v) is 6.98. The van der Waals surface area contributed by atoms with Crippen molar-refractivity contribution in [1.29, 1.82) is 0 Å². The predicted octanol–water partition coefficient (Wildman–Crippen LogP) is 3.54. The molecule has 1 rings (SSSR count). The molecular formula is C14H18F3NO2S. The molecule has 0 bridgehead atoms. The molecule has 0 spiro atoms. The Morgan fingerprint density at radius 3 is 2.52 bits per heavy atom. The van der Waals surface area contributed by atoms with Crippen LogP contribution in [0.25, 0.3) is 0 Å². The van der Waals surface area contributed by atoms with Crippen LogP contribution >= 0.6 is 12.2 Å². The van der Waals surface area contributed by atoms with Gasteiger partial charge < -0.3 is 15.2 Å². The average molecular weight is 321 g/mol. The lowest BCUT2D eigenvalue weighted by Gasteiger charge is -2.14. The van der Waals surface area contributed by atoms with Gasteiger partial charge in [-0.1, -0.05) is 25.6 Å². The molecule has 21 heavy (non-hydrogen) atoms. The number of unbranched alkanes of at least 4 members (excludes halogenated alkanes) is 1. The molecule has 3 nitrogen and oxygen atoms in total. The van der Waals surface area contributed by atoms with Crippen molar-refractivity contribution in [1.82, 2.24) is 0 Å². The molecule has 118 valence electrons. The molecule has 7 heteroatoms. The minimum atomic E-state index is -4.53. The Morgan fingerprint density at radius 1 is 1.24 bits per heavy atom. The van der Waals surface area contributed by atoms with Gasteiger partial charge >= 0.3 is 6.18 Å². The molecule has 0 heterocycles. The number of nitrogens with two attached hydrogens (primary N) is 1. The first-order valence-electron chi connectivity index (χ1n) is 6.58. The van der Waals surface area contributed by atoms with Crippen molar-refractivity contribution in [2.45, 2.75) is 25.9 Å². The van der Waals surface area contributed by atoms with E-state index < -0.39 is 11.7 Å². The normalized spacial score (nSPS) is 11.4. The fraction of sp³-hybridized carbons (Fsp3) is 0.500. The topological polar surface area (TPSA) is 44.5 Å². The summed E-state index contributed by atoms with van der Waals surface area (Å²) in [7, 11) is 0. The van der Waals surface area contributed by atoms with Gasteiger partial charge in [0.2, 0.25) is 0 Å². The van der Waals surface area contributed by atoms with Crippen LogP contribution in [0, 0.1) is 0 Å². The second-order valence-corrected chi connectivity index (χ2v) is 4.82. The first kappa shape index (κ1) is 17.7. The highest BCUT2D eigenvalue weighted by Gasteiger charge is 2.34. The smallest absolute Gasteiger partial charge is 0.417 e. The molecule has 0 saturated carbocycles. The first-order chi connectivity index (χ1) is 9.86. The highest BCUT2D eigenvalue weighted by Crippen LogP contribution is 2.34. The summed E-state index contributed by atoms with van der Waals surface area (Å²) in [6.45, 7) is 3.18. The van der Waals surface area contributed by atoms with Crippen LogP contribution < -0.4 is 10.5 Å². The van der Waals surface area contributed by atoms with Crippen molar-refractivity contribution in [2.75, 3.05) is 19.8 Å². The van der Waals surface area contributed by atoms with Crippen LogP contribution in [-0.2, 0) is 10.9 Å². The Hall–Kier alpha value is -1.34. The van der Waals surface area contributed by atoms with E-state index in [2.05, 4.69) is 12.2 Å². The maximum absolute atomic E-state index is 12.9. The van der Waals surface area contributed by atoms with Gasteiger partial charge in [0.25, 0.3) is 0 Å². The second-order valence-electron chi connectivity index (χ2n) is 4.38. The van der Waals surface area contributed by atoms with Crippen LogP contribution in [0.5, 0.6) is 5.75 Å². The lowest BCUT2D eigenvalue weighted by molar-refractivity contribution is -0.137. The largest absolute Gasteiger partial charge is 0.491 e. The van der Waals surface area contributed by atoms with Crippen LogP contribution in [0.3, 0.4) is 0 Å². The zero-order chi connectivity index (χ0) is 15.9. The molecule has 0 aliphatic heterocycles. The lowest BCUT2D eigenvalue weighted by Crippen LogP contribution is -2.18. The van der Waals surface area contributed by atoms with E-state index in [1.807, 2.05) is 6.92 Å². The van der Waals surface area contributed by atoms with E-state index in [9.17, 15) is 13.2 Å². The number of rotatable bonds is 8. The van der Waals surface area contributed by atoms with Crippen molar-refractivity contribution in [2.24, 2.45) is 5.73 Å². The third-order valence-corrected chi connectivity index (χ3v) is 2.92. The summed E-state index contributed by atoms with van der Waals surface area (Å²) < 4.78 is 49.3. The summed E-state index contributed by atoms with van der Waals surface area (Å²) >= 11 is 4.63. The van der Waals surface area contributed by atoms with Crippen LogP contribution in [0.4, 0.5) is 13.2 Å². The Labute approximate surface area is 127 Å². The molecular weight excluding hydrogens is 303 g/mol. The number of thiocarbonyl (C=S) groups is 1. The van der Waals surface area contributed by atoms with E-state index in [0.29, 0.717) is 13.2 Å². The van der Waals surface area contributed by atoms with E-state index >= 15 is 0 Å². The fourth-order valence-electron chi connectivity index (χ4n) is 1.63. The summed E-state index contributed by atoms with van der Waals surface area (Å²) in [4.78, 5) is -0.295. The molecule has 0 aromatic heterocycles. The number of benzene rings is 1. The average Bonchev–Trinajstić information content (AvgIpc) is 2.41. The van der Waals surface area contributed by atoms with E-state index in [1.54, 1.807) is 0 Å². The Bertz CT molecular complexity index is 478. The van der Waals surface area contributed by atoms with E-state index in [-0.39, 0.29) is 22.9 Å². The monoisotopic (exact) mass is 321 g/mol. The van der Waals surface area contributed by atoms with Crippen LogP contribution in [0.15, 0.2) is 18.2 Å². The highest BCUT2D eigenvalue weighted by atomic mass is 32.1. The van der Waals surface area contributed by atoms with Gasteiger partial charge in [-0.2, -0.15) is 13.2 Å². The zero-order valence-corrected chi connectivity index (χ0v) is 12.5. The van der Waals surface area contributed by atoms with Gasteiger partial charge in [0.15, 0.2) is 0 Å². The Morgan fingerprint density at radius 2 is 1.95 bits per heavy atom. The maximum atomic E-state index is 12.9. The van der Waals surface area contributed by atoms with Crippen LogP contribution in [0.2, 0.25) is 0 Å².